The average molecular weight is 274 g/mol. The summed E-state index contributed by atoms with van der Waals surface area (Å²) in [5.74, 6) is 0.965. The van der Waals surface area contributed by atoms with E-state index < -0.39 is 0 Å². The van der Waals surface area contributed by atoms with Crippen molar-refractivity contribution in [3.05, 3.63) is 34.9 Å². The summed E-state index contributed by atoms with van der Waals surface area (Å²) in [4.78, 5) is 0. The van der Waals surface area contributed by atoms with Crippen LogP contribution < -0.4 is 5.32 Å². The zero-order valence-electron chi connectivity index (χ0n) is 10.4. The molecule has 1 atom stereocenters. The van der Waals surface area contributed by atoms with E-state index in [4.69, 9.17) is 16.3 Å². The van der Waals surface area contributed by atoms with E-state index in [1.54, 1.807) is 7.11 Å². The summed E-state index contributed by atoms with van der Waals surface area (Å²) in [6.07, 6.45) is 0. The smallest absolute Gasteiger partial charge is 0.0587 e. The van der Waals surface area contributed by atoms with Crippen LogP contribution in [-0.2, 0) is 10.5 Å². The van der Waals surface area contributed by atoms with Crippen LogP contribution in [0.5, 0.6) is 0 Å². The Hall–Kier alpha value is -0.220. The molecule has 0 aromatic heterocycles. The molecule has 0 aliphatic heterocycles. The maximum absolute atomic E-state index is 6.11. The molecule has 1 aromatic rings. The second-order valence-corrected chi connectivity index (χ2v) is 5.74. The highest BCUT2D eigenvalue weighted by Crippen LogP contribution is 2.23. The lowest BCUT2D eigenvalue weighted by Crippen LogP contribution is -2.26. The SMILES string of the molecule is COCCNCC(C)SCc1ccccc1Cl. The Kier molecular flexibility index (Phi) is 7.69. The highest BCUT2D eigenvalue weighted by atomic mass is 35.5. The number of ether oxygens (including phenoxy) is 1. The Balaban J connectivity index is 2.19. The van der Waals surface area contributed by atoms with E-state index in [1.165, 1.54) is 5.56 Å². The molecule has 0 saturated heterocycles. The first-order chi connectivity index (χ1) is 8.24. The Bertz CT molecular complexity index is 322. The van der Waals surface area contributed by atoms with E-state index in [-0.39, 0.29) is 0 Å². The number of nitrogens with one attached hydrogen (secondary N) is 1. The van der Waals surface area contributed by atoms with E-state index in [9.17, 15) is 0 Å². The molecule has 0 amide bonds. The fourth-order valence-electron chi connectivity index (χ4n) is 1.39. The Morgan fingerprint density at radius 3 is 2.88 bits per heavy atom. The molecule has 0 spiro atoms. The molecule has 0 aliphatic rings. The van der Waals surface area contributed by atoms with Gasteiger partial charge in [0.05, 0.1) is 6.61 Å². The van der Waals surface area contributed by atoms with Gasteiger partial charge in [0.2, 0.25) is 0 Å². The number of hydrogen-bond acceptors (Lipinski definition) is 3. The van der Waals surface area contributed by atoms with Crippen LogP contribution in [0.25, 0.3) is 0 Å². The van der Waals surface area contributed by atoms with Crippen molar-refractivity contribution in [2.45, 2.75) is 17.9 Å². The standard InChI is InChI=1S/C13H20ClNOS/c1-11(9-15-7-8-16-2)17-10-12-5-3-4-6-13(12)14/h3-6,11,15H,7-10H2,1-2H3. The van der Waals surface area contributed by atoms with E-state index >= 15 is 0 Å². The summed E-state index contributed by atoms with van der Waals surface area (Å²) in [6, 6.07) is 8.02. The molecular formula is C13H20ClNOS. The number of hydrogen-bond donors (Lipinski definition) is 1. The Labute approximate surface area is 113 Å². The normalized spacial score (nSPS) is 12.6. The van der Waals surface area contributed by atoms with Crippen molar-refractivity contribution in [2.24, 2.45) is 0 Å². The van der Waals surface area contributed by atoms with Crippen LogP contribution in [0.15, 0.2) is 24.3 Å². The van der Waals surface area contributed by atoms with Gasteiger partial charge < -0.3 is 10.1 Å². The minimum absolute atomic E-state index is 0.572. The highest BCUT2D eigenvalue weighted by Gasteiger charge is 2.04. The second-order valence-electron chi connectivity index (χ2n) is 3.91. The van der Waals surface area contributed by atoms with Crippen molar-refractivity contribution >= 4 is 23.4 Å². The van der Waals surface area contributed by atoms with Crippen LogP contribution >= 0.6 is 23.4 Å². The summed E-state index contributed by atoms with van der Waals surface area (Å²) in [5.41, 5.74) is 1.21. The zero-order valence-corrected chi connectivity index (χ0v) is 12.0. The minimum Gasteiger partial charge on any atom is -0.383 e. The molecular weight excluding hydrogens is 254 g/mol. The van der Waals surface area contributed by atoms with Crippen LogP contribution in [-0.4, -0.2) is 32.1 Å². The molecule has 1 rings (SSSR count). The number of thioether (sulfide) groups is 1. The fraction of sp³-hybridized carbons (Fsp3) is 0.538. The lowest BCUT2D eigenvalue weighted by atomic mass is 10.2. The summed E-state index contributed by atoms with van der Waals surface area (Å²) in [5, 5.41) is 4.79. The molecule has 0 aliphatic carbocycles. The Morgan fingerprint density at radius 1 is 1.41 bits per heavy atom. The monoisotopic (exact) mass is 273 g/mol. The molecule has 96 valence electrons. The van der Waals surface area contributed by atoms with Gasteiger partial charge in [-0.1, -0.05) is 36.7 Å². The van der Waals surface area contributed by atoms with Gasteiger partial charge in [0.1, 0.15) is 0 Å². The van der Waals surface area contributed by atoms with E-state index in [2.05, 4.69) is 18.3 Å². The molecule has 0 fully saturated rings. The molecule has 0 heterocycles. The van der Waals surface area contributed by atoms with Crippen molar-refractivity contribution in [3.8, 4) is 0 Å². The predicted octanol–water partition coefficient (Wildman–Crippen LogP) is 3.20. The molecule has 1 aromatic carbocycles. The number of benzene rings is 1. The van der Waals surface area contributed by atoms with Crippen molar-refractivity contribution < 1.29 is 4.74 Å². The third-order valence-corrected chi connectivity index (χ3v) is 3.98. The van der Waals surface area contributed by atoms with Crippen molar-refractivity contribution in [1.29, 1.82) is 0 Å². The molecule has 1 N–H and O–H groups in total. The second kappa shape index (κ2) is 8.81. The molecule has 1 unspecified atom stereocenters. The van der Waals surface area contributed by atoms with Gasteiger partial charge in [0, 0.05) is 36.2 Å². The molecule has 17 heavy (non-hydrogen) atoms. The fourth-order valence-corrected chi connectivity index (χ4v) is 2.62. The number of rotatable bonds is 8. The molecule has 4 heteroatoms. The van der Waals surface area contributed by atoms with Crippen LogP contribution in [0.2, 0.25) is 5.02 Å². The minimum atomic E-state index is 0.572. The van der Waals surface area contributed by atoms with Crippen LogP contribution in [0.4, 0.5) is 0 Å². The molecule has 0 saturated carbocycles. The van der Waals surface area contributed by atoms with Gasteiger partial charge in [-0.2, -0.15) is 11.8 Å². The van der Waals surface area contributed by atoms with Crippen molar-refractivity contribution in [3.63, 3.8) is 0 Å². The van der Waals surface area contributed by atoms with Crippen LogP contribution in [0.1, 0.15) is 12.5 Å². The third-order valence-electron chi connectivity index (χ3n) is 2.40. The maximum atomic E-state index is 6.11. The van der Waals surface area contributed by atoms with Gasteiger partial charge >= 0.3 is 0 Å². The first-order valence-electron chi connectivity index (χ1n) is 5.78. The summed E-state index contributed by atoms with van der Waals surface area (Å²) in [7, 11) is 1.72. The van der Waals surface area contributed by atoms with Gasteiger partial charge in [-0.25, -0.2) is 0 Å². The lowest BCUT2D eigenvalue weighted by molar-refractivity contribution is 0.199. The molecule has 2 nitrogen and oxygen atoms in total. The maximum Gasteiger partial charge on any atom is 0.0587 e. The first kappa shape index (κ1) is 14.8. The molecule has 0 radical (unpaired) electrons. The summed E-state index contributed by atoms with van der Waals surface area (Å²) < 4.78 is 4.98. The third kappa shape index (κ3) is 6.32. The van der Waals surface area contributed by atoms with Crippen LogP contribution in [0.3, 0.4) is 0 Å². The summed E-state index contributed by atoms with van der Waals surface area (Å²) >= 11 is 8.02. The largest absolute Gasteiger partial charge is 0.383 e. The number of halogens is 1. The van der Waals surface area contributed by atoms with Gasteiger partial charge in [-0.05, 0) is 11.6 Å². The van der Waals surface area contributed by atoms with Gasteiger partial charge in [-0.15, -0.1) is 0 Å². The zero-order chi connectivity index (χ0) is 12.5. The Morgan fingerprint density at radius 2 is 2.18 bits per heavy atom. The topological polar surface area (TPSA) is 21.3 Å². The van der Waals surface area contributed by atoms with E-state index in [1.807, 2.05) is 30.0 Å². The lowest BCUT2D eigenvalue weighted by Gasteiger charge is -2.12. The number of methoxy groups -OCH3 is 1. The average Bonchev–Trinajstić information content (AvgIpc) is 2.34. The quantitative estimate of drug-likeness (QED) is 0.735. The van der Waals surface area contributed by atoms with Gasteiger partial charge in [-0.3, -0.25) is 0 Å². The molecule has 0 bridgehead atoms. The highest BCUT2D eigenvalue weighted by molar-refractivity contribution is 7.99. The van der Waals surface area contributed by atoms with E-state index in [0.29, 0.717) is 5.25 Å². The van der Waals surface area contributed by atoms with Gasteiger partial charge in [0.15, 0.2) is 0 Å². The predicted molar refractivity (Wildman–Crippen MR) is 77.0 cm³/mol. The van der Waals surface area contributed by atoms with Gasteiger partial charge in [0.25, 0.3) is 0 Å². The van der Waals surface area contributed by atoms with Crippen molar-refractivity contribution in [2.75, 3.05) is 26.8 Å². The van der Waals surface area contributed by atoms with E-state index in [0.717, 1.165) is 30.5 Å². The first-order valence-corrected chi connectivity index (χ1v) is 7.21. The van der Waals surface area contributed by atoms with Crippen molar-refractivity contribution in [1.82, 2.24) is 5.32 Å². The van der Waals surface area contributed by atoms with Crippen LogP contribution in [0, 0.1) is 0 Å². The summed E-state index contributed by atoms with van der Waals surface area (Å²) in [6.45, 7) is 4.90.